The van der Waals surface area contributed by atoms with E-state index in [2.05, 4.69) is 5.32 Å². The molecule has 0 aromatic heterocycles. The molecular weight excluding hydrogens is 233 g/mol. The number of carbonyl (C=O) groups excluding carboxylic acids is 1. The quantitative estimate of drug-likeness (QED) is 0.846. The fourth-order valence-corrected chi connectivity index (χ4v) is 1.80. The fourth-order valence-electron chi connectivity index (χ4n) is 1.80. The average molecular weight is 253 g/mol. The van der Waals surface area contributed by atoms with Gasteiger partial charge in [-0.25, -0.2) is 4.39 Å². The van der Waals surface area contributed by atoms with Crippen molar-refractivity contribution in [2.45, 2.75) is 39.2 Å². The van der Waals surface area contributed by atoms with Gasteiger partial charge in [0.1, 0.15) is 5.82 Å². The minimum absolute atomic E-state index is 0.00731. The Bertz CT molecular complexity index is 430. The lowest BCUT2D eigenvalue weighted by Gasteiger charge is -2.22. The van der Waals surface area contributed by atoms with E-state index >= 15 is 0 Å². The number of hydrogen-bond donors (Lipinski definition) is 2. The molecule has 1 aromatic rings. The largest absolute Gasteiger partial charge is 0.388 e. The summed E-state index contributed by atoms with van der Waals surface area (Å²) >= 11 is 0. The first-order valence-electron chi connectivity index (χ1n) is 6.12. The van der Waals surface area contributed by atoms with Crippen molar-refractivity contribution < 1.29 is 14.3 Å². The summed E-state index contributed by atoms with van der Waals surface area (Å²) in [6.45, 7) is 5.49. The minimum atomic E-state index is -0.953. The number of halogens is 1. The van der Waals surface area contributed by atoms with E-state index in [1.807, 2.05) is 6.92 Å². The number of rotatable bonds is 5. The van der Waals surface area contributed by atoms with Crippen LogP contribution in [0.3, 0.4) is 0 Å². The van der Waals surface area contributed by atoms with Gasteiger partial charge in [-0.3, -0.25) is 4.79 Å². The zero-order chi connectivity index (χ0) is 13.8. The van der Waals surface area contributed by atoms with E-state index in [4.69, 9.17) is 0 Å². The molecule has 100 valence electrons. The molecule has 3 nitrogen and oxygen atoms in total. The summed E-state index contributed by atoms with van der Waals surface area (Å²) in [7, 11) is 0. The highest BCUT2D eigenvalue weighted by Crippen LogP contribution is 2.12. The van der Waals surface area contributed by atoms with E-state index in [0.717, 1.165) is 12.0 Å². The molecule has 0 heterocycles. The number of aliphatic hydroxyl groups is 1. The van der Waals surface area contributed by atoms with Gasteiger partial charge in [0.2, 0.25) is 0 Å². The van der Waals surface area contributed by atoms with Crippen molar-refractivity contribution in [1.29, 1.82) is 0 Å². The first-order valence-corrected chi connectivity index (χ1v) is 6.12. The molecule has 0 aliphatic heterocycles. The second kappa shape index (κ2) is 5.96. The molecule has 0 bridgehead atoms. The molecule has 18 heavy (non-hydrogen) atoms. The van der Waals surface area contributed by atoms with Crippen LogP contribution in [0.1, 0.15) is 42.6 Å². The van der Waals surface area contributed by atoms with Gasteiger partial charge >= 0.3 is 0 Å². The van der Waals surface area contributed by atoms with Crippen molar-refractivity contribution in [2.24, 2.45) is 0 Å². The number of nitrogens with one attached hydrogen (secondary N) is 1. The van der Waals surface area contributed by atoms with Gasteiger partial charge < -0.3 is 10.4 Å². The maximum atomic E-state index is 13.5. The molecule has 0 radical (unpaired) electrons. The van der Waals surface area contributed by atoms with Gasteiger partial charge in [-0.1, -0.05) is 19.4 Å². The summed E-state index contributed by atoms with van der Waals surface area (Å²) in [5.41, 5.74) is -0.180. The van der Waals surface area contributed by atoms with Gasteiger partial charge in [-0.2, -0.15) is 0 Å². The van der Waals surface area contributed by atoms with Crippen molar-refractivity contribution in [3.8, 4) is 0 Å². The Morgan fingerprint density at radius 3 is 2.72 bits per heavy atom. The van der Waals surface area contributed by atoms with E-state index in [1.54, 1.807) is 19.9 Å². The molecule has 1 rings (SSSR count). The highest BCUT2D eigenvalue weighted by molar-refractivity contribution is 5.94. The van der Waals surface area contributed by atoms with Crippen LogP contribution in [0.2, 0.25) is 0 Å². The van der Waals surface area contributed by atoms with Crippen LogP contribution in [-0.2, 0) is 0 Å². The molecule has 1 aromatic carbocycles. The second-order valence-electron chi connectivity index (χ2n) is 4.91. The molecule has 0 saturated carbocycles. The van der Waals surface area contributed by atoms with Crippen LogP contribution in [0.4, 0.5) is 4.39 Å². The molecule has 4 heteroatoms. The monoisotopic (exact) mass is 253 g/mol. The zero-order valence-corrected chi connectivity index (χ0v) is 11.1. The van der Waals surface area contributed by atoms with Crippen molar-refractivity contribution >= 4 is 5.91 Å². The summed E-state index contributed by atoms with van der Waals surface area (Å²) in [6, 6.07) is 4.45. The maximum Gasteiger partial charge on any atom is 0.254 e. The molecule has 0 aliphatic carbocycles. The third kappa shape index (κ3) is 4.11. The molecule has 0 saturated heterocycles. The highest BCUT2D eigenvalue weighted by Gasteiger charge is 2.21. The van der Waals surface area contributed by atoms with Crippen LogP contribution >= 0.6 is 0 Å². The predicted molar refractivity (Wildman–Crippen MR) is 69.0 cm³/mol. The Labute approximate surface area is 107 Å². The number of benzene rings is 1. The Kier molecular flexibility index (Phi) is 4.84. The Morgan fingerprint density at radius 2 is 2.17 bits per heavy atom. The topological polar surface area (TPSA) is 49.3 Å². The summed E-state index contributed by atoms with van der Waals surface area (Å²) in [5, 5.41) is 12.5. The van der Waals surface area contributed by atoms with E-state index in [9.17, 15) is 14.3 Å². The lowest BCUT2D eigenvalue weighted by molar-refractivity contribution is 0.0468. The van der Waals surface area contributed by atoms with Crippen molar-refractivity contribution in [2.75, 3.05) is 6.54 Å². The molecule has 1 amide bonds. The molecule has 0 spiro atoms. The Morgan fingerprint density at radius 1 is 1.50 bits per heavy atom. The van der Waals surface area contributed by atoms with Gasteiger partial charge in [0.25, 0.3) is 5.91 Å². The minimum Gasteiger partial charge on any atom is -0.388 e. The van der Waals surface area contributed by atoms with Crippen LogP contribution in [0.15, 0.2) is 18.2 Å². The normalized spacial score (nSPS) is 14.1. The molecule has 0 aliphatic rings. The van der Waals surface area contributed by atoms with Crippen molar-refractivity contribution in [1.82, 2.24) is 5.32 Å². The number of hydrogen-bond acceptors (Lipinski definition) is 2. The lowest BCUT2D eigenvalue weighted by Crippen LogP contribution is -2.40. The van der Waals surface area contributed by atoms with Gasteiger partial charge in [-0.05, 0) is 38.0 Å². The predicted octanol–water partition coefficient (Wildman–Crippen LogP) is 2.42. The first kappa shape index (κ1) is 14.6. The van der Waals surface area contributed by atoms with Gasteiger partial charge in [0, 0.05) is 6.54 Å². The van der Waals surface area contributed by atoms with Crippen molar-refractivity contribution in [3.63, 3.8) is 0 Å². The van der Waals surface area contributed by atoms with E-state index < -0.39 is 17.3 Å². The smallest absolute Gasteiger partial charge is 0.254 e. The molecule has 1 atom stereocenters. The number of amides is 1. The third-order valence-corrected chi connectivity index (χ3v) is 2.79. The van der Waals surface area contributed by atoms with Crippen LogP contribution in [0, 0.1) is 12.7 Å². The lowest BCUT2D eigenvalue weighted by atomic mass is 10.0. The maximum absolute atomic E-state index is 13.5. The van der Waals surface area contributed by atoms with Crippen LogP contribution in [0.25, 0.3) is 0 Å². The van der Waals surface area contributed by atoms with Crippen LogP contribution in [0.5, 0.6) is 0 Å². The average Bonchev–Trinajstić information content (AvgIpc) is 2.26. The number of carbonyl (C=O) groups is 1. The van der Waals surface area contributed by atoms with Crippen LogP contribution < -0.4 is 5.32 Å². The number of aryl methyl sites for hydroxylation is 1. The van der Waals surface area contributed by atoms with Crippen LogP contribution in [-0.4, -0.2) is 23.2 Å². The standard InChI is InChI=1S/C14H20FNO2/c1-4-7-14(3,18)9-16-13(17)11-6-5-10(2)8-12(11)15/h5-6,8,18H,4,7,9H2,1-3H3,(H,16,17). The fraction of sp³-hybridized carbons (Fsp3) is 0.500. The van der Waals surface area contributed by atoms with E-state index in [1.165, 1.54) is 12.1 Å². The van der Waals surface area contributed by atoms with Gasteiger partial charge in [0.15, 0.2) is 0 Å². The van der Waals surface area contributed by atoms with Gasteiger partial charge in [0.05, 0.1) is 11.2 Å². The van der Waals surface area contributed by atoms with E-state index in [-0.39, 0.29) is 12.1 Å². The summed E-state index contributed by atoms with van der Waals surface area (Å²) in [4.78, 5) is 11.8. The molecule has 0 fully saturated rings. The Hall–Kier alpha value is -1.42. The second-order valence-corrected chi connectivity index (χ2v) is 4.91. The molecular formula is C14H20FNO2. The SMILES string of the molecule is CCCC(C)(O)CNC(=O)c1ccc(C)cc1F. The summed E-state index contributed by atoms with van der Waals surface area (Å²) < 4.78 is 13.5. The zero-order valence-electron chi connectivity index (χ0n) is 11.1. The first-order chi connectivity index (χ1) is 8.35. The summed E-state index contributed by atoms with van der Waals surface area (Å²) in [6.07, 6.45) is 1.41. The van der Waals surface area contributed by atoms with Crippen molar-refractivity contribution in [3.05, 3.63) is 35.1 Å². The highest BCUT2D eigenvalue weighted by atomic mass is 19.1. The van der Waals surface area contributed by atoms with E-state index in [0.29, 0.717) is 6.42 Å². The Balaban J connectivity index is 2.66. The molecule has 2 N–H and O–H groups in total. The third-order valence-electron chi connectivity index (χ3n) is 2.79. The molecule has 1 unspecified atom stereocenters. The van der Waals surface area contributed by atoms with Gasteiger partial charge in [-0.15, -0.1) is 0 Å². The summed E-state index contributed by atoms with van der Waals surface area (Å²) in [5.74, 6) is -1.04.